The second-order valence-corrected chi connectivity index (χ2v) is 8.56. The molecule has 0 aliphatic carbocycles. The molecule has 1 aromatic carbocycles. The van der Waals surface area contributed by atoms with Gasteiger partial charge in [-0.25, -0.2) is 4.98 Å². The van der Waals surface area contributed by atoms with Gasteiger partial charge in [-0.1, -0.05) is 18.2 Å². The number of nitrogens with two attached hydrogens (primary N) is 1. The van der Waals surface area contributed by atoms with Crippen molar-refractivity contribution in [3.8, 4) is 11.3 Å². The molecule has 1 saturated heterocycles. The predicted octanol–water partition coefficient (Wildman–Crippen LogP) is 3.30. The van der Waals surface area contributed by atoms with E-state index in [0.29, 0.717) is 41.8 Å². The molecule has 0 unspecified atom stereocenters. The third kappa shape index (κ3) is 3.66. The van der Waals surface area contributed by atoms with Crippen LogP contribution in [0.2, 0.25) is 0 Å². The maximum absolute atomic E-state index is 13.5. The van der Waals surface area contributed by atoms with Crippen LogP contribution >= 0.6 is 0 Å². The van der Waals surface area contributed by atoms with Crippen molar-refractivity contribution in [1.29, 1.82) is 0 Å². The van der Waals surface area contributed by atoms with E-state index in [1.807, 2.05) is 35.9 Å². The van der Waals surface area contributed by atoms with E-state index in [0.717, 1.165) is 17.5 Å². The van der Waals surface area contributed by atoms with Gasteiger partial charge in [0.1, 0.15) is 23.5 Å². The van der Waals surface area contributed by atoms with Crippen LogP contribution in [-0.4, -0.2) is 43.2 Å². The van der Waals surface area contributed by atoms with Crippen molar-refractivity contribution in [3.63, 3.8) is 0 Å². The minimum atomic E-state index is -4.60. The van der Waals surface area contributed by atoms with Gasteiger partial charge in [0.25, 0.3) is 0 Å². The smallest absolute Gasteiger partial charge is 0.379 e. The summed E-state index contributed by atoms with van der Waals surface area (Å²) in [7, 11) is 1.89. The molecule has 0 bridgehead atoms. The molecular formula is C22H22F3N7O. The summed E-state index contributed by atoms with van der Waals surface area (Å²) in [5.41, 5.74) is 7.27. The molecule has 3 N–H and O–H groups in total. The summed E-state index contributed by atoms with van der Waals surface area (Å²) < 4.78 is 48.0. The summed E-state index contributed by atoms with van der Waals surface area (Å²) in [5.74, 6) is 0.830. The van der Waals surface area contributed by atoms with Crippen LogP contribution in [0.4, 0.5) is 13.2 Å². The number of nitrogens with zero attached hydrogens (tertiary/aromatic N) is 5. The van der Waals surface area contributed by atoms with E-state index in [1.54, 1.807) is 13.3 Å². The second-order valence-electron chi connectivity index (χ2n) is 8.56. The van der Waals surface area contributed by atoms with Gasteiger partial charge >= 0.3 is 6.18 Å². The molecule has 4 aromatic rings. The number of benzene rings is 1. The minimum Gasteiger partial charge on any atom is -0.379 e. The van der Waals surface area contributed by atoms with Crippen molar-refractivity contribution in [2.75, 3.05) is 13.2 Å². The summed E-state index contributed by atoms with van der Waals surface area (Å²) in [4.78, 5) is 3.75. The van der Waals surface area contributed by atoms with E-state index in [4.69, 9.17) is 10.5 Å². The lowest BCUT2D eigenvalue weighted by atomic mass is 9.75. The monoisotopic (exact) mass is 457 g/mol. The molecule has 0 amide bonds. The number of alkyl halides is 3. The summed E-state index contributed by atoms with van der Waals surface area (Å²) in [6, 6.07) is 7.97. The highest BCUT2D eigenvalue weighted by Gasteiger charge is 2.42. The molecule has 1 fully saturated rings. The van der Waals surface area contributed by atoms with Crippen LogP contribution in [-0.2, 0) is 29.8 Å². The highest BCUT2D eigenvalue weighted by atomic mass is 19.4. The zero-order valence-electron chi connectivity index (χ0n) is 18.0. The highest BCUT2D eigenvalue weighted by molar-refractivity contribution is 5.94. The Morgan fingerprint density at radius 2 is 2.06 bits per heavy atom. The molecule has 1 aliphatic rings. The van der Waals surface area contributed by atoms with Crippen molar-refractivity contribution in [2.24, 2.45) is 12.8 Å². The van der Waals surface area contributed by atoms with Crippen molar-refractivity contribution in [3.05, 3.63) is 59.4 Å². The number of aromatic amines is 1. The van der Waals surface area contributed by atoms with Gasteiger partial charge in [0.2, 0.25) is 0 Å². The fourth-order valence-corrected chi connectivity index (χ4v) is 4.22. The SMILES string of the molecule is C[C@H](N)c1nc(C(F)(F)F)cc2c(-c3cccc(C4(Cc5nncn5C)COC4)c3)n[nH]c12. The molecule has 0 spiro atoms. The number of ether oxygens (including phenoxy) is 1. The number of aromatic nitrogens is 6. The summed E-state index contributed by atoms with van der Waals surface area (Å²) >= 11 is 0. The van der Waals surface area contributed by atoms with Crippen LogP contribution in [0.25, 0.3) is 22.2 Å². The Morgan fingerprint density at radius 1 is 1.27 bits per heavy atom. The van der Waals surface area contributed by atoms with Crippen molar-refractivity contribution < 1.29 is 17.9 Å². The lowest BCUT2D eigenvalue weighted by Crippen LogP contribution is -2.49. The third-order valence-electron chi connectivity index (χ3n) is 6.11. The van der Waals surface area contributed by atoms with Gasteiger partial charge in [0.05, 0.1) is 24.4 Å². The number of aryl methyl sites for hydroxylation is 1. The Labute approximate surface area is 187 Å². The zero-order valence-corrected chi connectivity index (χ0v) is 18.0. The fourth-order valence-electron chi connectivity index (χ4n) is 4.22. The standard InChI is InChI=1S/C22H22F3N7O/c1-12(26)18-20-15(7-16(28-18)22(23,24)25)19(30-31-20)13-4-3-5-14(6-13)21(9-33-10-21)8-17-29-27-11-32(17)2/h3-7,11-12H,8-10,26H2,1-2H3,(H,30,31)/t12-/m0/s1. The largest absolute Gasteiger partial charge is 0.433 e. The number of rotatable bonds is 5. The maximum Gasteiger partial charge on any atom is 0.433 e. The molecule has 4 heterocycles. The highest BCUT2D eigenvalue weighted by Crippen LogP contribution is 2.39. The van der Waals surface area contributed by atoms with Gasteiger partial charge in [-0.15, -0.1) is 10.2 Å². The number of hydrogen-bond acceptors (Lipinski definition) is 6. The van der Waals surface area contributed by atoms with Gasteiger partial charge in [-0.3, -0.25) is 5.10 Å². The van der Waals surface area contributed by atoms with Crippen LogP contribution < -0.4 is 5.73 Å². The molecule has 8 nitrogen and oxygen atoms in total. The lowest BCUT2D eigenvalue weighted by molar-refractivity contribution is -0.141. The van der Waals surface area contributed by atoms with Gasteiger partial charge in [-0.05, 0) is 24.6 Å². The number of hydrogen-bond donors (Lipinski definition) is 2. The number of pyridine rings is 1. The Balaban J connectivity index is 1.61. The lowest BCUT2D eigenvalue weighted by Gasteiger charge is -2.41. The second kappa shape index (κ2) is 7.63. The third-order valence-corrected chi connectivity index (χ3v) is 6.11. The Morgan fingerprint density at radius 3 is 2.67 bits per heavy atom. The van der Waals surface area contributed by atoms with Gasteiger partial charge in [0.15, 0.2) is 0 Å². The quantitative estimate of drug-likeness (QED) is 0.476. The normalized spacial score (nSPS) is 16.7. The molecule has 33 heavy (non-hydrogen) atoms. The molecular weight excluding hydrogens is 435 g/mol. The first kappa shape index (κ1) is 21.5. The number of fused-ring (bicyclic) bond motifs is 1. The van der Waals surface area contributed by atoms with E-state index in [2.05, 4.69) is 25.4 Å². The molecule has 1 atom stereocenters. The van der Waals surface area contributed by atoms with E-state index in [1.165, 1.54) is 0 Å². The average molecular weight is 457 g/mol. The van der Waals surface area contributed by atoms with Crippen LogP contribution in [0.3, 0.4) is 0 Å². The van der Waals surface area contributed by atoms with Crippen molar-refractivity contribution in [2.45, 2.75) is 31.0 Å². The van der Waals surface area contributed by atoms with Crippen LogP contribution in [0.15, 0.2) is 36.7 Å². The topological polar surface area (TPSA) is 108 Å². The Bertz CT molecular complexity index is 1320. The molecule has 3 aromatic heterocycles. The van der Waals surface area contributed by atoms with Crippen LogP contribution in [0.5, 0.6) is 0 Å². The minimum absolute atomic E-state index is 0.126. The maximum atomic E-state index is 13.5. The van der Waals surface area contributed by atoms with Crippen molar-refractivity contribution in [1.82, 2.24) is 29.9 Å². The Hall–Kier alpha value is -3.31. The average Bonchev–Trinajstić information content (AvgIpc) is 3.35. The number of nitrogens with one attached hydrogen (secondary N) is 1. The van der Waals surface area contributed by atoms with Gasteiger partial charge in [-0.2, -0.15) is 18.3 Å². The molecule has 172 valence electrons. The predicted molar refractivity (Wildman–Crippen MR) is 114 cm³/mol. The summed E-state index contributed by atoms with van der Waals surface area (Å²) in [6.07, 6.45) is -2.32. The van der Waals surface area contributed by atoms with Crippen LogP contribution in [0, 0.1) is 0 Å². The zero-order chi connectivity index (χ0) is 23.4. The molecule has 0 radical (unpaired) electrons. The summed E-state index contributed by atoms with van der Waals surface area (Å²) in [6.45, 7) is 2.62. The first-order chi connectivity index (χ1) is 15.7. The van der Waals surface area contributed by atoms with Crippen LogP contribution in [0.1, 0.15) is 35.7 Å². The molecule has 0 saturated carbocycles. The van der Waals surface area contributed by atoms with E-state index in [-0.39, 0.29) is 11.1 Å². The number of H-pyrrole nitrogens is 1. The fraction of sp³-hybridized carbons (Fsp3) is 0.364. The first-order valence-electron chi connectivity index (χ1n) is 10.4. The first-order valence-corrected chi connectivity index (χ1v) is 10.4. The van der Waals surface area contributed by atoms with E-state index >= 15 is 0 Å². The van der Waals surface area contributed by atoms with Gasteiger partial charge < -0.3 is 15.0 Å². The van der Waals surface area contributed by atoms with E-state index < -0.39 is 17.9 Å². The summed E-state index contributed by atoms with van der Waals surface area (Å²) in [5, 5.41) is 15.7. The molecule has 5 rings (SSSR count). The molecule has 11 heteroatoms. The molecule has 1 aliphatic heterocycles. The van der Waals surface area contributed by atoms with Crippen molar-refractivity contribution >= 4 is 10.9 Å². The van der Waals surface area contributed by atoms with Gasteiger partial charge in [0, 0.05) is 35.9 Å². The van der Waals surface area contributed by atoms with E-state index in [9.17, 15) is 13.2 Å². The Kier molecular flexibility index (Phi) is 4.98. The number of halogens is 3.